The second-order valence-corrected chi connectivity index (χ2v) is 2.80. The second kappa shape index (κ2) is 4.56. The predicted octanol–water partition coefficient (Wildman–Crippen LogP) is -0.858. The Hall–Kier alpha value is -1.63. The number of carboxylic acids is 3. The van der Waals surface area contributed by atoms with Crippen molar-refractivity contribution >= 4 is 17.9 Å². The molecule has 7 nitrogen and oxygen atoms in total. The van der Waals surface area contributed by atoms with E-state index in [1.54, 1.807) is 0 Å². The third-order valence-corrected chi connectivity index (χ3v) is 1.59. The van der Waals surface area contributed by atoms with Gasteiger partial charge in [0.15, 0.2) is 5.60 Å². The SMILES string of the molecule is O=C(O)CC[C@@](O)(CC(=O)O)C(=O)O. The Labute approximate surface area is 78.6 Å². The van der Waals surface area contributed by atoms with E-state index in [1.165, 1.54) is 0 Å². The molecule has 0 fully saturated rings. The van der Waals surface area contributed by atoms with E-state index in [0.717, 1.165) is 0 Å². The molecule has 0 bridgehead atoms. The van der Waals surface area contributed by atoms with E-state index in [9.17, 15) is 19.5 Å². The highest BCUT2D eigenvalue weighted by atomic mass is 16.4. The molecule has 0 aliphatic carbocycles. The summed E-state index contributed by atoms with van der Waals surface area (Å²) in [5.41, 5.74) is -2.51. The Bertz CT molecular complexity index is 259. The van der Waals surface area contributed by atoms with Gasteiger partial charge in [-0.3, -0.25) is 9.59 Å². The largest absolute Gasteiger partial charge is 0.481 e. The Kier molecular flexibility index (Phi) is 4.03. The molecule has 0 spiro atoms. The van der Waals surface area contributed by atoms with Crippen LogP contribution in [0.15, 0.2) is 0 Å². The van der Waals surface area contributed by atoms with Crippen LogP contribution < -0.4 is 0 Å². The molecule has 7 heteroatoms. The van der Waals surface area contributed by atoms with Gasteiger partial charge in [-0.25, -0.2) is 4.79 Å². The van der Waals surface area contributed by atoms with E-state index in [2.05, 4.69) is 0 Å². The number of carbonyl (C=O) groups is 3. The summed E-state index contributed by atoms with van der Waals surface area (Å²) in [5.74, 6) is -4.53. The number of aliphatic carboxylic acids is 3. The molecule has 0 saturated carbocycles. The molecule has 80 valence electrons. The van der Waals surface area contributed by atoms with Crippen molar-refractivity contribution in [3.8, 4) is 0 Å². The highest BCUT2D eigenvalue weighted by Crippen LogP contribution is 2.17. The fourth-order valence-corrected chi connectivity index (χ4v) is 0.835. The molecule has 0 unspecified atom stereocenters. The van der Waals surface area contributed by atoms with Crippen molar-refractivity contribution in [2.75, 3.05) is 0 Å². The number of rotatable bonds is 6. The Morgan fingerprint density at radius 3 is 1.79 bits per heavy atom. The van der Waals surface area contributed by atoms with Crippen LogP contribution in [-0.4, -0.2) is 43.9 Å². The van der Waals surface area contributed by atoms with E-state index in [0.29, 0.717) is 0 Å². The van der Waals surface area contributed by atoms with Crippen LogP contribution in [-0.2, 0) is 14.4 Å². The van der Waals surface area contributed by atoms with E-state index < -0.39 is 42.8 Å². The zero-order valence-corrected chi connectivity index (χ0v) is 7.13. The lowest BCUT2D eigenvalue weighted by atomic mass is 9.94. The maximum Gasteiger partial charge on any atom is 0.336 e. The fourth-order valence-electron chi connectivity index (χ4n) is 0.835. The standard InChI is InChI=1S/C7H10O7/c8-4(9)1-2-7(14,6(12)13)3-5(10)11/h14H,1-3H2,(H,8,9)(H,10,11)(H,12,13)/t7-/m1/s1. The van der Waals surface area contributed by atoms with Crippen molar-refractivity contribution in [2.45, 2.75) is 24.9 Å². The Morgan fingerprint density at radius 2 is 1.50 bits per heavy atom. The predicted molar refractivity (Wildman–Crippen MR) is 41.7 cm³/mol. The average molecular weight is 206 g/mol. The zero-order chi connectivity index (χ0) is 11.4. The third kappa shape index (κ3) is 3.85. The summed E-state index contributed by atoms with van der Waals surface area (Å²) in [4.78, 5) is 30.8. The van der Waals surface area contributed by atoms with Gasteiger partial charge >= 0.3 is 17.9 Å². The molecule has 0 aromatic heterocycles. The van der Waals surface area contributed by atoms with Gasteiger partial charge in [0, 0.05) is 6.42 Å². The van der Waals surface area contributed by atoms with Gasteiger partial charge in [0.2, 0.25) is 0 Å². The summed E-state index contributed by atoms with van der Waals surface area (Å²) in [6.45, 7) is 0. The summed E-state index contributed by atoms with van der Waals surface area (Å²) in [7, 11) is 0. The molecule has 4 N–H and O–H groups in total. The Morgan fingerprint density at radius 1 is 1.00 bits per heavy atom. The van der Waals surface area contributed by atoms with Gasteiger partial charge in [0.1, 0.15) is 0 Å². The molecule has 1 atom stereocenters. The van der Waals surface area contributed by atoms with Crippen molar-refractivity contribution in [3.63, 3.8) is 0 Å². The molecule has 0 rings (SSSR count). The van der Waals surface area contributed by atoms with Crippen LogP contribution in [0.2, 0.25) is 0 Å². The second-order valence-electron chi connectivity index (χ2n) is 2.80. The first-order valence-corrected chi connectivity index (χ1v) is 3.67. The monoisotopic (exact) mass is 206 g/mol. The van der Waals surface area contributed by atoms with Gasteiger partial charge in [-0.15, -0.1) is 0 Å². The van der Waals surface area contributed by atoms with Crippen molar-refractivity contribution in [1.29, 1.82) is 0 Å². The van der Waals surface area contributed by atoms with Gasteiger partial charge in [-0.2, -0.15) is 0 Å². The van der Waals surface area contributed by atoms with Gasteiger partial charge in [-0.1, -0.05) is 0 Å². The lowest BCUT2D eigenvalue weighted by Gasteiger charge is -2.19. The van der Waals surface area contributed by atoms with Crippen LogP contribution in [0.3, 0.4) is 0 Å². The molecule has 0 saturated heterocycles. The average Bonchev–Trinajstić information content (AvgIpc) is 1.99. The van der Waals surface area contributed by atoms with E-state index in [4.69, 9.17) is 15.3 Å². The normalized spacial score (nSPS) is 14.4. The first-order valence-electron chi connectivity index (χ1n) is 3.67. The summed E-state index contributed by atoms with van der Waals surface area (Å²) in [6, 6.07) is 0. The van der Waals surface area contributed by atoms with Gasteiger partial charge in [0.05, 0.1) is 6.42 Å². The maximum atomic E-state index is 10.5. The van der Waals surface area contributed by atoms with Gasteiger partial charge < -0.3 is 20.4 Å². The number of hydrogen-bond acceptors (Lipinski definition) is 4. The minimum absolute atomic E-state index is 0.601. The number of carboxylic acid groups (broad SMARTS) is 3. The molecule has 14 heavy (non-hydrogen) atoms. The van der Waals surface area contributed by atoms with Crippen LogP contribution in [0.25, 0.3) is 0 Å². The quantitative estimate of drug-likeness (QED) is 0.444. The van der Waals surface area contributed by atoms with Crippen molar-refractivity contribution in [2.24, 2.45) is 0 Å². The number of hydrogen-bond donors (Lipinski definition) is 4. The summed E-state index contributed by atoms with van der Waals surface area (Å²) >= 11 is 0. The van der Waals surface area contributed by atoms with Crippen molar-refractivity contribution in [1.82, 2.24) is 0 Å². The summed E-state index contributed by atoms with van der Waals surface area (Å²) in [5, 5.41) is 34.3. The molecule has 0 radical (unpaired) electrons. The van der Waals surface area contributed by atoms with Gasteiger partial charge in [0.25, 0.3) is 0 Å². The van der Waals surface area contributed by atoms with E-state index in [1.807, 2.05) is 0 Å². The first kappa shape index (κ1) is 12.4. The molecule has 0 amide bonds. The minimum Gasteiger partial charge on any atom is -0.481 e. The summed E-state index contributed by atoms with van der Waals surface area (Å²) in [6.07, 6.45) is -2.25. The topological polar surface area (TPSA) is 132 Å². The Balaban J connectivity index is 4.47. The molecular weight excluding hydrogens is 196 g/mol. The van der Waals surface area contributed by atoms with Crippen LogP contribution in [0, 0.1) is 0 Å². The van der Waals surface area contributed by atoms with Crippen molar-refractivity contribution in [3.05, 3.63) is 0 Å². The highest BCUT2D eigenvalue weighted by Gasteiger charge is 2.38. The smallest absolute Gasteiger partial charge is 0.336 e. The van der Waals surface area contributed by atoms with E-state index in [-0.39, 0.29) is 0 Å². The molecule has 0 aliphatic rings. The van der Waals surface area contributed by atoms with Crippen LogP contribution in [0.5, 0.6) is 0 Å². The van der Waals surface area contributed by atoms with E-state index >= 15 is 0 Å². The fraction of sp³-hybridized carbons (Fsp3) is 0.571. The molecular formula is C7H10O7. The summed E-state index contributed by atoms with van der Waals surface area (Å²) < 4.78 is 0. The molecule has 0 aromatic carbocycles. The van der Waals surface area contributed by atoms with Crippen molar-refractivity contribution < 1.29 is 34.8 Å². The van der Waals surface area contributed by atoms with Crippen LogP contribution >= 0.6 is 0 Å². The molecule has 0 heterocycles. The first-order chi connectivity index (χ1) is 6.28. The van der Waals surface area contributed by atoms with Crippen LogP contribution in [0.1, 0.15) is 19.3 Å². The third-order valence-electron chi connectivity index (χ3n) is 1.59. The van der Waals surface area contributed by atoms with Crippen LogP contribution in [0.4, 0.5) is 0 Å². The minimum atomic E-state index is -2.51. The zero-order valence-electron chi connectivity index (χ0n) is 7.13. The maximum absolute atomic E-state index is 10.5. The highest BCUT2D eigenvalue weighted by molar-refractivity contribution is 5.84. The molecule has 0 aliphatic heterocycles. The van der Waals surface area contributed by atoms with Gasteiger partial charge in [-0.05, 0) is 6.42 Å². The lowest BCUT2D eigenvalue weighted by Crippen LogP contribution is -2.41. The molecule has 0 aromatic rings. The lowest BCUT2D eigenvalue weighted by molar-refractivity contribution is -0.167. The number of aliphatic hydroxyl groups is 1.